The summed E-state index contributed by atoms with van der Waals surface area (Å²) in [5.41, 5.74) is 9.10. The van der Waals surface area contributed by atoms with Gasteiger partial charge in [-0.1, -0.05) is 32.9 Å². The summed E-state index contributed by atoms with van der Waals surface area (Å²) in [4.78, 5) is 0. The largest absolute Gasteiger partial charge is 0.496 e. The van der Waals surface area contributed by atoms with Crippen molar-refractivity contribution in [1.82, 2.24) is 0 Å². The van der Waals surface area contributed by atoms with Gasteiger partial charge in [0, 0.05) is 0 Å². The van der Waals surface area contributed by atoms with Gasteiger partial charge in [0.15, 0.2) is 0 Å². The maximum atomic E-state index is 5.89. The molecule has 0 amide bonds. The molecule has 0 radical (unpaired) electrons. The van der Waals surface area contributed by atoms with E-state index in [-0.39, 0.29) is 5.41 Å². The van der Waals surface area contributed by atoms with E-state index in [1.165, 1.54) is 24.0 Å². The molecule has 0 bridgehead atoms. The van der Waals surface area contributed by atoms with Gasteiger partial charge >= 0.3 is 0 Å². The number of benzene rings is 1. The van der Waals surface area contributed by atoms with Crippen LogP contribution in [0.5, 0.6) is 5.75 Å². The van der Waals surface area contributed by atoms with E-state index in [1.54, 1.807) is 7.11 Å². The van der Waals surface area contributed by atoms with Crippen LogP contribution in [-0.2, 0) is 11.8 Å². The van der Waals surface area contributed by atoms with Crippen molar-refractivity contribution < 1.29 is 4.74 Å². The second-order valence-corrected chi connectivity index (χ2v) is 6.66. The normalized spacial score (nSPS) is 17.6. The minimum atomic E-state index is 0.181. The molecule has 2 N–H and O–H groups in total. The summed E-state index contributed by atoms with van der Waals surface area (Å²) in [6, 6.07) is 6.57. The molecule has 0 unspecified atom stereocenters. The van der Waals surface area contributed by atoms with Crippen LogP contribution < -0.4 is 10.5 Å². The van der Waals surface area contributed by atoms with Crippen LogP contribution >= 0.6 is 0 Å². The predicted molar refractivity (Wildman–Crippen MR) is 76.1 cm³/mol. The average molecular weight is 247 g/mol. The lowest BCUT2D eigenvalue weighted by Gasteiger charge is -2.22. The Morgan fingerprint density at radius 2 is 1.94 bits per heavy atom. The van der Waals surface area contributed by atoms with Gasteiger partial charge in [-0.15, -0.1) is 0 Å². The Hall–Kier alpha value is -1.02. The molecule has 0 saturated heterocycles. The van der Waals surface area contributed by atoms with Gasteiger partial charge < -0.3 is 10.5 Å². The zero-order valence-corrected chi connectivity index (χ0v) is 12.0. The van der Waals surface area contributed by atoms with Crippen molar-refractivity contribution in [1.29, 1.82) is 0 Å². The second-order valence-electron chi connectivity index (χ2n) is 6.66. The summed E-state index contributed by atoms with van der Waals surface area (Å²) in [6.07, 6.45) is 3.56. The smallest absolute Gasteiger partial charge is 0.122 e. The highest BCUT2D eigenvalue weighted by molar-refractivity contribution is 5.41. The van der Waals surface area contributed by atoms with Crippen molar-refractivity contribution in [3.8, 4) is 5.75 Å². The van der Waals surface area contributed by atoms with Crippen molar-refractivity contribution >= 4 is 0 Å². The fourth-order valence-electron chi connectivity index (χ4n) is 2.42. The van der Waals surface area contributed by atoms with Crippen LogP contribution in [0.1, 0.15) is 44.7 Å². The van der Waals surface area contributed by atoms with Crippen molar-refractivity contribution in [2.24, 2.45) is 11.1 Å². The van der Waals surface area contributed by atoms with Crippen LogP contribution in [-0.4, -0.2) is 13.7 Å². The maximum Gasteiger partial charge on any atom is 0.122 e. The van der Waals surface area contributed by atoms with Gasteiger partial charge in [-0.05, 0) is 53.8 Å². The summed E-state index contributed by atoms with van der Waals surface area (Å²) in [5, 5.41) is 0. The molecule has 1 aliphatic carbocycles. The summed E-state index contributed by atoms with van der Waals surface area (Å²) in [5.74, 6) is 1.00. The quantitative estimate of drug-likeness (QED) is 0.886. The Kier molecular flexibility index (Phi) is 3.41. The van der Waals surface area contributed by atoms with Crippen LogP contribution in [0.4, 0.5) is 0 Å². The first kappa shape index (κ1) is 13.4. The molecule has 2 heteroatoms. The lowest BCUT2D eigenvalue weighted by atomic mass is 9.84. The van der Waals surface area contributed by atoms with Gasteiger partial charge in [-0.25, -0.2) is 0 Å². The number of hydrogen-bond acceptors (Lipinski definition) is 2. The van der Waals surface area contributed by atoms with Crippen LogP contribution in [0.25, 0.3) is 0 Å². The number of hydrogen-bond donors (Lipinski definition) is 1. The Morgan fingerprint density at radius 3 is 2.39 bits per heavy atom. The van der Waals surface area contributed by atoms with Crippen molar-refractivity contribution in [3.05, 3.63) is 29.3 Å². The Bertz CT molecular complexity index is 427. The zero-order valence-electron chi connectivity index (χ0n) is 12.0. The highest BCUT2D eigenvalue weighted by Crippen LogP contribution is 2.48. The van der Waals surface area contributed by atoms with Gasteiger partial charge in [0.05, 0.1) is 7.11 Å². The molecule has 0 heterocycles. The summed E-state index contributed by atoms with van der Waals surface area (Å²) in [6.45, 7) is 7.52. The van der Waals surface area contributed by atoms with Crippen LogP contribution in [0, 0.1) is 5.41 Å². The molecule has 0 atom stereocenters. The van der Waals surface area contributed by atoms with E-state index in [1.807, 2.05) is 0 Å². The van der Waals surface area contributed by atoms with Gasteiger partial charge in [0.2, 0.25) is 0 Å². The SMILES string of the molecule is COc1ccc(C(C)(C)C)cc1CC1(CN)CC1. The Morgan fingerprint density at radius 1 is 1.28 bits per heavy atom. The molecule has 2 rings (SSSR count). The average Bonchev–Trinajstić information content (AvgIpc) is 3.08. The molecule has 100 valence electrons. The van der Waals surface area contributed by atoms with Gasteiger partial charge in [0.25, 0.3) is 0 Å². The first-order valence-electron chi connectivity index (χ1n) is 6.78. The number of methoxy groups -OCH3 is 1. The fourth-order valence-corrected chi connectivity index (χ4v) is 2.42. The third kappa shape index (κ3) is 2.69. The minimum absolute atomic E-state index is 0.181. The third-order valence-corrected chi connectivity index (χ3v) is 4.10. The number of ether oxygens (including phenoxy) is 1. The minimum Gasteiger partial charge on any atom is -0.496 e. The van der Waals surface area contributed by atoms with Gasteiger partial charge in [-0.3, -0.25) is 0 Å². The number of nitrogens with two attached hydrogens (primary N) is 1. The predicted octanol–water partition coefficient (Wildman–Crippen LogP) is 3.27. The lowest BCUT2D eigenvalue weighted by Crippen LogP contribution is -2.19. The van der Waals surface area contributed by atoms with Gasteiger partial charge in [0.1, 0.15) is 5.75 Å². The standard InChI is InChI=1S/C16H25NO/c1-15(2,3)13-5-6-14(18-4)12(9-13)10-16(11-17)7-8-16/h5-6,9H,7-8,10-11,17H2,1-4H3. The topological polar surface area (TPSA) is 35.2 Å². The molecular weight excluding hydrogens is 222 g/mol. The first-order valence-corrected chi connectivity index (χ1v) is 6.78. The zero-order chi connectivity index (χ0) is 13.4. The molecule has 2 nitrogen and oxygen atoms in total. The number of rotatable bonds is 4. The fraction of sp³-hybridized carbons (Fsp3) is 0.625. The van der Waals surface area contributed by atoms with Crippen LogP contribution in [0.2, 0.25) is 0 Å². The molecule has 18 heavy (non-hydrogen) atoms. The van der Waals surface area contributed by atoms with E-state index in [2.05, 4.69) is 39.0 Å². The Labute approximate surface area is 111 Å². The molecular formula is C16H25NO. The van der Waals surface area contributed by atoms with E-state index in [0.717, 1.165) is 18.7 Å². The van der Waals surface area contributed by atoms with Gasteiger partial charge in [-0.2, -0.15) is 0 Å². The highest BCUT2D eigenvalue weighted by Gasteiger charge is 2.41. The van der Waals surface area contributed by atoms with E-state index in [4.69, 9.17) is 10.5 Å². The Balaban J connectivity index is 2.31. The second kappa shape index (κ2) is 4.58. The van der Waals surface area contributed by atoms with Crippen molar-refractivity contribution in [3.63, 3.8) is 0 Å². The van der Waals surface area contributed by atoms with E-state index in [9.17, 15) is 0 Å². The molecule has 1 fully saturated rings. The molecule has 1 aromatic carbocycles. The molecule has 0 spiro atoms. The third-order valence-electron chi connectivity index (χ3n) is 4.10. The van der Waals surface area contributed by atoms with Crippen molar-refractivity contribution in [2.45, 2.75) is 45.4 Å². The van der Waals surface area contributed by atoms with E-state index in [0.29, 0.717) is 5.41 Å². The molecule has 0 aromatic heterocycles. The molecule has 1 aromatic rings. The first-order chi connectivity index (χ1) is 8.40. The lowest BCUT2D eigenvalue weighted by molar-refractivity contribution is 0.401. The van der Waals surface area contributed by atoms with Crippen LogP contribution in [0.15, 0.2) is 18.2 Å². The monoisotopic (exact) mass is 247 g/mol. The molecule has 1 aliphatic rings. The molecule has 1 saturated carbocycles. The van der Waals surface area contributed by atoms with E-state index >= 15 is 0 Å². The summed E-state index contributed by atoms with van der Waals surface area (Å²) < 4.78 is 5.49. The summed E-state index contributed by atoms with van der Waals surface area (Å²) >= 11 is 0. The van der Waals surface area contributed by atoms with Crippen molar-refractivity contribution in [2.75, 3.05) is 13.7 Å². The maximum absolute atomic E-state index is 5.89. The highest BCUT2D eigenvalue weighted by atomic mass is 16.5. The van der Waals surface area contributed by atoms with E-state index < -0.39 is 0 Å². The molecule has 0 aliphatic heterocycles. The summed E-state index contributed by atoms with van der Waals surface area (Å²) in [7, 11) is 1.75. The van der Waals surface area contributed by atoms with Crippen LogP contribution in [0.3, 0.4) is 0 Å².